The van der Waals surface area contributed by atoms with Crippen molar-refractivity contribution in [3.05, 3.63) is 32.7 Å². The molecule has 2 aromatic heterocycles. The second kappa shape index (κ2) is 6.25. The normalized spacial score (nSPS) is 12.4. The Labute approximate surface area is 121 Å². The van der Waals surface area contributed by atoms with Crippen LogP contribution < -0.4 is 0 Å². The summed E-state index contributed by atoms with van der Waals surface area (Å²) < 4.78 is 0. The van der Waals surface area contributed by atoms with E-state index in [2.05, 4.69) is 9.97 Å². The Balaban J connectivity index is 1.91. The molecule has 0 saturated heterocycles. The lowest BCUT2D eigenvalue weighted by atomic mass is 10.2. The molecule has 0 aliphatic rings. The fourth-order valence-corrected chi connectivity index (χ4v) is 3.30. The zero-order chi connectivity index (χ0) is 13.8. The van der Waals surface area contributed by atoms with Crippen LogP contribution in [-0.4, -0.2) is 27.8 Å². The second-order valence-corrected chi connectivity index (χ2v) is 6.30. The van der Waals surface area contributed by atoms with Crippen LogP contribution in [-0.2, 0) is 11.2 Å². The number of amides is 1. The van der Waals surface area contributed by atoms with E-state index >= 15 is 0 Å². The van der Waals surface area contributed by atoms with Crippen molar-refractivity contribution in [1.82, 2.24) is 14.9 Å². The lowest BCUT2D eigenvalue weighted by Crippen LogP contribution is -2.29. The van der Waals surface area contributed by atoms with Gasteiger partial charge in [-0.3, -0.25) is 9.78 Å². The number of carbonyl (C=O) groups is 1. The van der Waals surface area contributed by atoms with Crippen LogP contribution in [0.1, 0.15) is 34.8 Å². The standard InChI is InChI=1S/C13H17N3OS2/c1-9-11(19-8-15-9)4-5-13(17)16(3)10(2)12-6-14-7-18-12/h6-8,10H,4-5H2,1-3H3/t10-/m0/s1. The minimum Gasteiger partial charge on any atom is -0.338 e. The van der Waals surface area contributed by atoms with Crippen LogP contribution in [0, 0.1) is 6.92 Å². The van der Waals surface area contributed by atoms with E-state index in [0.29, 0.717) is 6.42 Å². The molecule has 1 amide bonds. The number of nitrogens with zero attached hydrogens (tertiary/aromatic N) is 3. The van der Waals surface area contributed by atoms with Crippen LogP contribution in [0.3, 0.4) is 0 Å². The molecule has 19 heavy (non-hydrogen) atoms. The van der Waals surface area contributed by atoms with Gasteiger partial charge in [0.25, 0.3) is 0 Å². The molecule has 0 aliphatic heterocycles. The number of carbonyl (C=O) groups excluding carboxylic acids is 1. The monoisotopic (exact) mass is 295 g/mol. The van der Waals surface area contributed by atoms with Gasteiger partial charge in [0, 0.05) is 29.4 Å². The first-order chi connectivity index (χ1) is 9.09. The van der Waals surface area contributed by atoms with E-state index in [-0.39, 0.29) is 11.9 Å². The predicted octanol–water partition coefficient (Wildman–Crippen LogP) is 3.06. The van der Waals surface area contributed by atoms with E-state index in [0.717, 1.165) is 17.0 Å². The molecule has 0 bridgehead atoms. The lowest BCUT2D eigenvalue weighted by molar-refractivity contribution is -0.131. The third-order valence-corrected chi connectivity index (χ3v) is 5.19. The smallest absolute Gasteiger partial charge is 0.223 e. The van der Waals surface area contributed by atoms with Gasteiger partial charge in [0.2, 0.25) is 5.91 Å². The molecule has 6 heteroatoms. The predicted molar refractivity (Wildman–Crippen MR) is 78.5 cm³/mol. The second-order valence-electron chi connectivity index (χ2n) is 4.45. The molecule has 0 radical (unpaired) electrons. The summed E-state index contributed by atoms with van der Waals surface area (Å²) in [5, 5.41) is 0. The molecule has 0 saturated carbocycles. The van der Waals surface area contributed by atoms with Crippen LogP contribution in [0.2, 0.25) is 0 Å². The number of rotatable bonds is 5. The topological polar surface area (TPSA) is 46.1 Å². The number of thiazole rings is 2. The summed E-state index contributed by atoms with van der Waals surface area (Å²) in [7, 11) is 1.85. The molecule has 102 valence electrons. The van der Waals surface area contributed by atoms with Gasteiger partial charge < -0.3 is 4.90 Å². The lowest BCUT2D eigenvalue weighted by Gasteiger charge is -2.23. The summed E-state index contributed by atoms with van der Waals surface area (Å²) in [5.41, 5.74) is 4.67. The van der Waals surface area contributed by atoms with E-state index in [9.17, 15) is 4.79 Å². The molecule has 0 aromatic carbocycles. The summed E-state index contributed by atoms with van der Waals surface area (Å²) in [5.74, 6) is 0.161. The average molecular weight is 295 g/mol. The van der Waals surface area contributed by atoms with Gasteiger partial charge in [-0.1, -0.05) is 0 Å². The number of aryl methyl sites for hydroxylation is 2. The summed E-state index contributed by atoms with van der Waals surface area (Å²) >= 11 is 3.20. The molecule has 2 aromatic rings. The van der Waals surface area contributed by atoms with Crippen molar-refractivity contribution in [3.63, 3.8) is 0 Å². The molecule has 2 rings (SSSR count). The van der Waals surface area contributed by atoms with E-state index in [1.54, 1.807) is 33.1 Å². The SMILES string of the molecule is Cc1ncsc1CCC(=O)N(C)[C@@H](C)c1cncs1. The van der Waals surface area contributed by atoms with Crippen molar-refractivity contribution < 1.29 is 4.79 Å². The van der Waals surface area contributed by atoms with Crippen molar-refractivity contribution in [1.29, 1.82) is 0 Å². The zero-order valence-corrected chi connectivity index (χ0v) is 12.9. The summed E-state index contributed by atoms with van der Waals surface area (Å²) in [6.07, 6.45) is 3.13. The summed E-state index contributed by atoms with van der Waals surface area (Å²) in [6, 6.07) is 0.0857. The zero-order valence-electron chi connectivity index (χ0n) is 11.3. The molecule has 0 unspecified atom stereocenters. The molecule has 0 N–H and O–H groups in total. The van der Waals surface area contributed by atoms with Gasteiger partial charge in [-0.2, -0.15) is 0 Å². The first-order valence-electron chi connectivity index (χ1n) is 6.12. The molecule has 2 heterocycles. The molecule has 1 atom stereocenters. The Morgan fingerprint density at radius 3 is 2.79 bits per heavy atom. The van der Waals surface area contributed by atoms with Crippen LogP contribution in [0.25, 0.3) is 0 Å². The molecular formula is C13H17N3OS2. The fraction of sp³-hybridized carbons (Fsp3) is 0.462. The third-order valence-electron chi connectivity index (χ3n) is 3.25. The molecule has 0 spiro atoms. The average Bonchev–Trinajstić information content (AvgIpc) is 3.05. The fourth-order valence-electron chi connectivity index (χ4n) is 1.80. The van der Waals surface area contributed by atoms with Gasteiger partial charge in [0.15, 0.2) is 0 Å². The highest BCUT2D eigenvalue weighted by Crippen LogP contribution is 2.23. The third kappa shape index (κ3) is 3.39. The Morgan fingerprint density at radius 1 is 1.42 bits per heavy atom. The minimum absolute atomic E-state index is 0.0857. The van der Waals surface area contributed by atoms with E-state index in [4.69, 9.17) is 0 Å². The van der Waals surface area contributed by atoms with E-state index in [1.165, 1.54) is 4.88 Å². The van der Waals surface area contributed by atoms with Gasteiger partial charge in [0.1, 0.15) is 0 Å². The van der Waals surface area contributed by atoms with Crippen molar-refractivity contribution in [2.45, 2.75) is 32.7 Å². The van der Waals surface area contributed by atoms with Gasteiger partial charge >= 0.3 is 0 Å². The highest BCUT2D eigenvalue weighted by molar-refractivity contribution is 7.10. The van der Waals surface area contributed by atoms with Crippen LogP contribution in [0.4, 0.5) is 0 Å². The maximum Gasteiger partial charge on any atom is 0.223 e. The van der Waals surface area contributed by atoms with Gasteiger partial charge in [0.05, 0.1) is 22.8 Å². The summed E-state index contributed by atoms with van der Waals surface area (Å²) in [4.78, 5) is 24.6. The Morgan fingerprint density at radius 2 is 2.21 bits per heavy atom. The maximum absolute atomic E-state index is 12.2. The number of hydrogen-bond donors (Lipinski definition) is 0. The van der Waals surface area contributed by atoms with Crippen molar-refractivity contribution in [2.75, 3.05) is 7.05 Å². The molecular weight excluding hydrogens is 278 g/mol. The largest absolute Gasteiger partial charge is 0.338 e. The molecule has 4 nitrogen and oxygen atoms in total. The highest BCUT2D eigenvalue weighted by atomic mass is 32.1. The van der Waals surface area contributed by atoms with E-state index in [1.807, 2.05) is 32.6 Å². The maximum atomic E-state index is 12.2. The quantitative estimate of drug-likeness (QED) is 0.851. The molecule has 0 aliphatic carbocycles. The van der Waals surface area contributed by atoms with Gasteiger partial charge in [-0.25, -0.2) is 4.98 Å². The summed E-state index contributed by atoms with van der Waals surface area (Å²) in [6.45, 7) is 4.02. The Bertz CT molecular complexity index is 536. The number of aromatic nitrogens is 2. The first kappa shape index (κ1) is 14.1. The minimum atomic E-state index is 0.0857. The van der Waals surface area contributed by atoms with Crippen molar-refractivity contribution in [3.8, 4) is 0 Å². The molecule has 0 fully saturated rings. The van der Waals surface area contributed by atoms with Crippen molar-refractivity contribution >= 4 is 28.6 Å². The van der Waals surface area contributed by atoms with Crippen LogP contribution in [0.15, 0.2) is 17.2 Å². The van der Waals surface area contributed by atoms with Crippen LogP contribution in [0.5, 0.6) is 0 Å². The van der Waals surface area contributed by atoms with Gasteiger partial charge in [-0.05, 0) is 20.3 Å². The van der Waals surface area contributed by atoms with Crippen molar-refractivity contribution in [2.24, 2.45) is 0 Å². The van der Waals surface area contributed by atoms with E-state index < -0.39 is 0 Å². The Hall–Kier alpha value is -1.27. The van der Waals surface area contributed by atoms with Crippen LogP contribution >= 0.6 is 22.7 Å². The van der Waals surface area contributed by atoms with Gasteiger partial charge in [-0.15, -0.1) is 22.7 Å². The first-order valence-corrected chi connectivity index (χ1v) is 7.88. The number of hydrogen-bond acceptors (Lipinski definition) is 5. The highest BCUT2D eigenvalue weighted by Gasteiger charge is 2.18. The Kier molecular flexibility index (Phi) is 4.66.